The Balaban J connectivity index is 1.78. The predicted molar refractivity (Wildman–Crippen MR) is 122 cm³/mol. The first-order chi connectivity index (χ1) is 16.7. The predicted octanol–water partition coefficient (Wildman–Crippen LogP) is -2.11. The number of allylic oxidation sites excluding steroid dienone is 1. The zero-order valence-electron chi connectivity index (χ0n) is 20.9. The van der Waals surface area contributed by atoms with Gasteiger partial charge >= 0.3 is 0 Å². The molecular weight excluding hydrogens is 480 g/mol. The summed E-state index contributed by atoms with van der Waals surface area (Å²) in [7, 11) is 0. The quantitative estimate of drug-likeness (QED) is 0.173. The summed E-state index contributed by atoms with van der Waals surface area (Å²) in [5, 5.41) is 71.7. The highest BCUT2D eigenvalue weighted by Gasteiger charge is 2.53. The van der Waals surface area contributed by atoms with Crippen molar-refractivity contribution >= 4 is 5.78 Å². The van der Waals surface area contributed by atoms with E-state index in [0.29, 0.717) is 5.57 Å². The monoisotopic (exact) mass is 518 g/mol. The lowest BCUT2D eigenvalue weighted by Crippen LogP contribution is -2.62. The Bertz CT molecular complexity index is 858. The normalized spacial score (nSPS) is 44.1. The summed E-state index contributed by atoms with van der Waals surface area (Å²) >= 11 is 0. The van der Waals surface area contributed by atoms with E-state index in [1.807, 2.05) is 0 Å². The third-order valence-corrected chi connectivity index (χ3v) is 7.28. The smallest absolute Gasteiger partial charge is 0.187 e. The van der Waals surface area contributed by atoms with Crippen LogP contribution in [0.4, 0.5) is 0 Å². The fourth-order valence-electron chi connectivity index (χ4n) is 4.77. The minimum atomic E-state index is -1.97. The molecule has 0 bridgehead atoms. The van der Waals surface area contributed by atoms with Crippen LogP contribution in [0.25, 0.3) is 0 Å². The van der Waals surface area contributed by atoms with Gasteiger partial charge in [0.2, 0.25) is 0 Å². The van der Waals surface area contributed by atoms with Gasteiger partial charge in [-0.25, -0.2) is 0 Å². The van der Waals surface area contributed by atoms with Crippen LogP contribution in [0.15, 0.2) is 23.8 Å². The number of rotatable bonds is 8. The van der Waals surface area contributed by atoms with Gasteiger partial charge in [-0.05, 0) is 31.6 Å². The van der Waals surface area contributed by atoms with E-state index in [-0.39, 0.29) is 12.2 Å². The van der Waals surface area contributed by atoms with E-state index < -0.39 is 85.6 Å². The molecule has 36 heavy (non-hydrogen) atoms. The van der Waals surface area contributed by atoms with Gasteiger partial charge in [0.1, 0.15) is 41.7 Å². The Morgan fingerprint density at radius 1 is 1.17 bits per heavy atom. The van der Waals surface area contributed by atoms with E-state index >= 15 is 0 Å². The minimum absolute atomic E-state index is 0.0810. The standard InChI is InChI=1S/C24H38O12/c1-12-7-14(27)8-22(3,4)24(12,32)6-5-13(2)34-20-18(17(29)16(28)15(9-25)35-20)36-21-19(30)23(31,10-26)11-33-21/h5-7,13,15-21,25-26,28-32H,8-11H2,1-4H3/t13-,15+,16+,17-,18+,19-,20+,21-,23+,24+/m0/s1. The largest absolute Gasteiger partial charge is 0.394 e. The van der Waals surface area contributed by atoms with Gasteiger partial charge in [0.25, 0.3) is 0 Å². The highest BCUT2D eigenvalue weighted by Crippen LogP contribution is 2.44. The third kappa shape index (κ3) is 5.45. The summed E-state index contributed by atoms with van der Waals surface area (Å²) in [6.07, 6.45) is -6.47. The molecule has 12 heteroatoms. The van der Waals surface area contributed by atoms with E-state index in [1.165, 1.54) is 12.2 Å². The molecule has 206 valence electrons. The van der Waals surface area contributed by atoms with Crippen LogP contribution in [-0.4, -0.2) is 122 Å². The maximum Gasteiger partial charge on any atom is 0.187 e. The first-order valence-corrected chi connectivity index (χ1v) is 11.9. The lowest BCUT2D eigenvalue weighted by Gasteiger charge is -2.44. The Labute approximate surface area is 209 Å². The molecule has 0 aromatic rings. The van der Waals surface area contributed by atoms with Crippen LogP contribution >= 0.6 is 0 Å². The number of carbonyl (C=O) groups is 1. The van der Waals surface area contributed by atoms with Crippen molar-refractivity contribution in [2.45, 2.75) is 94.5 Å². The van der Waals surface area contributed by atoms with Crippen molar-refractivity contribution in [2.75, 3.05) is 19.8 Å². The maximum absolute atomic E-state index is 12.0. The van der Waals surface area contributed by atoms with Gasteiger partial charge in [0.15, 0.2) is 18.4 Å². The van der Waals surface area contributed by atoms with Gasteiger partial charge < -0.3 is 54.7 Å². The van der Waals surface area contributed by atoms with Crippen molar-refractivity contribution < 1.29 is 59.5 Å². The molecule has 2 fully saturated rings. The molecule has 10 atom stereocenters. The molecule has 0 aromatic heterocycles. The summed E-state index contributed by atoms with van der Waals surface area (Å²) in [6.45, 7) is 4.96. The molecule has 1 aliphatic carbocycles. The topological polar surface area (TPSA) is 196 Å². The minimum Gasteiger partial charge on any atom is -0.394 e. The number of hydrogen-bond donors (Lipinski definition) is 7. The summed E-state index contributed by atoms with van der Waals surface area (Å²) in [4.78, 5) is 12.0. The van der Waals surface area contributed by atoms with Crippen molar-refractivity contribution in [3.63, 3.8) is 0 Å². The van der Waals surface area contributed by atoms with Crippen LogP contribution in [0.2, 0.25) is 0 Å². The molecule has 0 saturated carbocycles. The first-order valence-electron chi connectivity index (χ1n) is 11.9. The fourth-order valence-corrected chi connectivity index (χ4v) is 4.77. The van der Waals surface area contributed by atoms with E-state index in [2.05, 4.69) is 0 Å². The van der Waals surface area contributed by atoms with Crippen LogP contribution < -0.4 is 0 Å². The number of aliphatic hydroxyl groups is 7. The van der Waals surface area contributed by atoms with Gasteiger partial charge in [-0.1, -0.05) is 19.9 Å². The molecule has 0 spiro atoms. The zero-order valence-corrected chi connectivity index (χ0v) is 20.9. The van der Waals surface area contributed by atoms with E-state index in [9.17, 15) is 40.5 Å². The molecule has 2 saturated heterocycles. The first kappa shape index (κ1) is 29.3. The molecule has 0 unspecified atom stereocenters. The summed E-state index contributed by atoms with van der Waals surface area (Å²) < 4.78 is 22.3. The van der Waals surface area contributed by atoms with Crippen LogP contribution in [-0.2, 0) is 23.7 Å². The van der Waals surface area contributed by atoms with Gasteiger partial charge in [-0.15, -0.1) is 0 Å². The van der Waals surface area contributed by atoms with Crippen LogP contribution in [0.1, 0.15) is 34.1 Å². The van der Waals surface area contributed by atoms with Gasteiger partial charge in [-0.3, -0.25) is 4.79 Å². The molecule has 7 N–H and O–H groups in total. The molecular formula is C24H38O12. The average molecular weight is 519 g/mol. The Kier molecular flexibility index (Phi) is 8.80. The molecule has 3 aliphatic rings. The molecule has 2 aliphatic heterocycles. The highest BCUT2D eigenvalue weighted by molar-refractivity contribution is 5.92. The second-order valence-corrected chi connectivity index (χ2v) is 10.5. The second-order valence-electron chi connectivity index (χ2n) is 10.5. The van der Waals surface area contributed by atoms with Crippen molar-refractivity contribution in [1.29, 1.82) is 0 Å². The summed E-state index contributed by atoms with van der Waals surface area (Å²) in [5.74, 6) is -0.0810. The average Bonchev–Trinajstić information content (AvgIpc) is 3.09. The van der Waals surface area contributed by atoms with E-state index in [0.717, 1.165) is 0 Å². The molecule has 0 radical (unpaired) electrons. The number of ketones is 1. The lowest BCUT2D eigenvalue weighted by atomic mass is 9.64. The van der Waals surface area contributed by atoms with Gasteiger partial charge in [0, 0.05) is 11.8 Å². The molecule has 12 nitrogen and oxygen atoms in total. The lowest BCUT2D eigenvalue weighted by molar-refractivity contribution is -0.339. The zero-order chi connectivity index (χ0) is 27.1. The summed E-state index contributed by atoms with van der Waals surface area (Å²) in [5.41, 5.74) is -3.71. The molecule has 0 aromatic carbocycles. The highest BCUT2D eigenvalue weighted by atomic mass is 16.8. The SMILES string of the molecule is CC1=CC(=O)CC(C)(C)[C@@]1(O)C=C[C@H](C)O[C@@H]1O[C@H](CO)[C@@H](O)[C@H](O)[C@H]1O[C@@H]1OC[C@](O)(CO)[C@H]1O. The second kappa shape index (κ2) is 10.8. The van der Waals surface area contributed by atoms with Gasteiger partial charge in [0.05, 0.1) is 25.9 Å². The van der Waals surface area contributed by atoms with Crippen LogP contribution in [0.5, 0.6) is 0 Å². The number of carbonyl (C=O) groups excluding carboxylic acids is 1. The molecule has 0 amide bonds. The van der Waals surface area contributed by atoms with E-state index in [4.69, 9.17) is 18.9 Å². The van der Waals surface area contributed by atoms with Crippen molar-refractivity contribution in [3.8, 4) is 0 Å². The number of hydrogen-bond acceptors (Lipinski definition) is 12. The Hall–Kier alpha value is -1.29. The van der Waals surface area contributed by atoms with Crippen LogP contribution in [0, 0.1) is 5.41 Å². The van der Waals surface area contributed by atoms with Crippen molar-refractivity contribution in [2.24, 2.45) is 5.41 Å². The number of ether oxygens (including phenoxy) is 4. The third-order valence-electron chi connectivity index (χ3n) is 7.28. The van der Waals surface area contributed by atoms with E-state index in [1.54, 1.807) is 33.8 Å². The Morgan fingerprint density at radius 3 is 2.39 bits per heavy atom. The molecule has 3 rings (SSSR count). The summed E-state index contributed by atoms with van der Waals surface area (Å²) in [6, 6.07) is 0. The Morgan fingerprint density at radius 2 is 1.83 bits per heavy atom. The maximum atomic E-state index is 12.0. The molecule has 2 heterocycles. The van der Waals surface area contributed by atoms with Gasteiger partial charge in [-0.2, -0.15) is 0 Å². The van der Waals surface area contributed by atoms with Crippen LogP contribution in [0.3, 0.4) is 0 Å². The fraction of sp³-hybridized carbons (Fsp3) is 0.792. The van der Waals surface area contributed by atoms with Crippen molar-refractivity contribution in [1.82, 2.24) is 0 Å². The number of aliphatic hydroxyl groups excluding tert-OH is 5. The van der Waals surface area contributed by atoms with Crippen molar-refractivity contribution in [3.05, 3.63) is 23.8 Å².